The van der Waals surface area contributed by atoms with Crippen LogP contribution in [-0.4, -0.2) is 42.6 Å². The van der Waals surface area contributed by atoms with Gasteiger partial charge in [0.05, 0.1) is 19.3 Å². The van der Waals surface area contributed by atoms with Gasteiger partial charge < -0.3 is 20.3 Å². The fourth-order valence-electron chi connectivity index (χ4n) is 2.81. The standard InChI is InChI=1S/C15H25NO3S/c17-9-13-4-1-3-12(13)7-16-8-14(18)10-19-11-15-5-2-6-20-15/h2,5-6,12-14,16-18H,1,3-4,7-11H2. The smallest absolute Gasteiger partial charge is 0.0897 e. The third-order valence-electron chi connectivity index (χ3n) is 3.97. The van der Waals surface area contributed by atoms with Crippen LogP contribution in [0.3, 0.4) is 0 Å². The van der Waals surface area contributed by atoms with Gasteiger partial charge in [0.2, 0.25) is 0 Å². The number of nitrogens with one attached hydrogen (secondary N) is 1. The Morgan fingerprint density at radius 1 is 1.40 bits per heavy atom. The Labute approximate surface area is 124 Å². The summed E-state index contributed by atoms with van der Waals surface area (Å²) in [5.74, 6) is 0.994. The molecule has 114 valence electrons. The van der Waals surface area contributed by atoms with E-state index in [1.54, 1.807) is 11.3 Å². The van der Waals surface area contributed by atoms with Crippen molar-refractivity contribution < 1.29 is 14.9 Å². The van der Waals surface area contributed by atoms with Crippen molar-refractivity contribution in [1.82, 2.24) is 5.32 Å². The maximum atomic E-state index is 9.84. The van der Waals surface area contributed by atoms with E-state index >= 15 is 0 Å². The molecule has 4 nitrogen and oxygen atoms in total. The Bertz CT molecular complexity index is 358. The summed E-state index contributed by atoms with van der Waals surface area (Å²) in [6.07, 6.45) is 3.06. The van der Waals surface area contributed by atoms with Gasteiger partial charge in [-0.2, -0.15) is 0 Å². The molecule has 3 atom stereocenters. The maximum Gasteiger partial charge on any atom is 0.0897 e. The molecule has 1 aliphatic carbocycles. The van der Waals surface area contributed by atoms with E-state index in [2.05, 4.69) is 5.32 Å². The van der Waals surface area contributed by atoms with Crippen molar-refractivity contribution in [3.63, 3.8) is 0 Å². The molecule has 1 aromatic heterocycles. The summed E-state index contributed by atoms with van der Waals surface area (Å²) in [6.45, 7) is 2.66. The Balaban J connectivity index is 1.52. The van der Waals surface area contributed by atoms with Gasteiger partial charge in [0.25, 0.3) is 0 Å². The van der Waals surface area contributed by atoms with E-state index in [-0.39, 0.29) is 0 Å². The van der Waals surface area contributed by atoms with E-state index in [1.165, 1.54) is 17.7 Å². The van der Waals surface area contributed by atoms with Crippen molar-refractivity contribution in [2.24, 2.45) is 11.8 Å². The van der Waals surface area contributed by atoms with E-state index < -0.39 is 6.10 Å². The van der Waals surface area contributed by atoms with Crippen LogP contribution in [0.5, 0.6) is 0 Å². The maximum absolute atomic E-state index is 9.84. The van der Waals surface area contributed by atoms with E-state index in [4.69, 9.17) is 4.74 Å². The lowest BCUT2D eigenvalue weighted by Crippen LogP contribution is -2.34. The average Bonchev–Trinajstić information content (AvgIpc) is 3.09. The lowest BCUT2D eigenvalue weighted by molar-refractivity contribution is 0.0291. The van der Waals surface area contributed by atoms with Crippen LogP contribution in [0.15, 0.2) is 17.5 Å². The second-order valence-electron chi connectivity index (χ2n) is 5.54. The second-order valence-corrected chi connectivity index (χ2v) is 6.57. The molecule has 1 aliphatic rings. The number of aliphatic hydroxyl groups excluding tert-OH is 2. The average molecular weight is 299 g/mol. The Morgan fingerprint density at radius 3 is 3.00 bits per heavy atom. The quantitative estimate of drug-likeness (QED) is 0.648. The van der Waals surface area contributed by atoms with Gasteiger partial charge in [-0.05, 0) is 42.7 Å². The minimum Gasteiger partial charge on any atom is -0.396 e. The van der Waals surface area contributed by atoms with Gasteiger partial charge in [-0.3, -0.25) is 0 Å². The van der Waals surface area contributed by atoms with E-state index in [1.807, 2.05) is 17.5 Å². The summed E-state index contributed by atoms with van der Waals surface area (Å²) in [4.78, 5) is 1.18. The molecule has 0 aliphatic heterocycles. The van der Waals surface area contributed by atoms with Gasteiger partial charge >= 0.3 is 0 Å². The number of hydrogen-bond acceptors (Lipinski definition) is 5. The fourth-order valence-corrected chi connectivity index (χ4v) is 3.45. The summed E-state index contributed by atoms with van der Waals surface area (Å²) < 4.78 is 5.49. The zero-order valence-electron chi connectivity index (χ0n) is 11.8. The molecule has 0 radical (unpaired) electrons. The van der Waals surface area contributed by atoms with Crippen molar-refractivity contribution in [3.05, 3.63) is 22.4 Å². The van der Waals surface area contributed by atoms with Gasteiger partial charge in [-0.25, -0.2) is 0 Å². The first kappa shape index (κ1) is 15.9. The van der Waals surface area contributed by atoms with Crippen molar-refractivity contribution >= 4 is 11.3 Å². The molecule has 1 aromatic rings. The molecule has 0 amide bonds. The number of rotatable bonds is 9. The number of hydrogen-bond donors (Lipinski definition) is 3. The number of ether oxygens (including phenoxy) is 1. The highest BCUT2D eigenvalue weighted by atomic mass is 32.1. The van der Waals surface area contributed by atoms with E-state index in [9.17, 15) is 10.2 Å². The van der Waals surface area contributed by atoms with E-state index in [0.717, 1.165) is 13.0 Å². The molecule has 20 heavy (non-hydrogen) atoms. The van der Waals surface area contributed by atoms with Crippen LogP contribution in [0.25, 0.3) is 0 Å². The summed E-state index contributed by atoms with van der Waals surface area (Å²) in [5.41, 5.74) is 0. The number of aliphatic hydroxyl groups is 2. The SMILES string of the molecule is OCC1CCCC1CNCC(O)COCc1cccs1. The van der Waals surface area contributed by atoms with Crippen LogP contribution < -0.4 is 5.32 Å². The van der Waals surface area contributed by atoms with Crippen LogP contribution in [0.4, 0.5) is 0 Å². The highest BCUT2D eigenvalue weighted by molar-refractivity contribution is 7.09. The first-order valence-electron chi connectivity index (χ1n) is 7.39. The van der Waals surface area contributed by atoms with Crippen LogP contribution in [0.1, 0.15) is 24.1 Å². The lowest BCUT2D eigenvalue weighted by atomic mass is 9.97. The lowest BCUT2D eigenvalue weighted by Gasteiger charge is -2.19. The molecule has 0 saturated heterocycles. The summed E-state index contributed by atoms with van der Waals surface area (Å²) in [6, 6.07) is 4.03. The molecular weight excluding hydrogens is 274 g/mol. The zero-order valence-corrected chi connectivity index (χ0v) is 12.6. The summed E-state index contributed by atoms with van der Waals surface area (Å²) >= 11 is 1.67. The van der Waals surface area contributed by atoms with Crippen LogP contribution >= 0.6 is 11.3 Å². The van der Waals surface area contributed by atoms with Gasteiger partial charge in [0.1, 0.15) is 0 Å². The molecule has 2 rings (SSSR count). The number of thiophene rings is 1. The topological polar surface area (TPSA) is 61.7 Å². The second kappa shape index (κ2) is 8.74. The first-order valence-corrected chi connectivity index (χ1v) is 8.27. The Kier molecular flexibility index (Phi) is 6.96. The van der Waals surface area contributed by atoms with E-state index in [0.29, 0.717) is 38.2 Å². The highest BCUT2D eigenvalue weighted by Gasteiger charge is 2.26. The molecule has 3 N–H and O–H groups in total. The van der Waals surface area contributed by atoms with Crippen LogP contribution in [0, 0.1) is 11.8 Å². The third-order valence-corrected chi connectivity index (χ3v) is 4.82. The van der Waals surface area contributed by atoms with Crippen molar-refractivity contribution in [2.45, 2.75) is 32.0 Å². The van der Waals surface area contributed by atoms with Gasteiger partial charge in [-0.15, -0.1) is 11.3 Å². The Hall–Kier alpha value is -0.460. The van der Waals surface area contributed by atoms with Crippen molar-refractivity contribution in [2.75, 3.05) is 26.3 Å². The monoisotopic (exact) mass is 299 g/mol. The van der Waals surface area contributed by atoms with Crippen molar-refractivity contribution in [3.8, 4) is 0 Å². The minimum absolute atomic E-state index is 0.291. The molecule has 1 fully saturated rings. The van der Waals surface area contributed by atoms with Crippen molar-refractivity contribution in [1.29, 1.82) is 0 Å². The van der Waals surface area contributed by atoms with Gasteiger partial charge in [0.15, 0.2) is 0 Å². The van der Waals surface area contributed by atoms with Crippen LogP contribution in [-0.2, 0) is 11.3 Å². The minimum atomic E-state index is -0.469. The first-order chi connectivity index (χ1) is 9.79. The summed E-state index contributed by atoms with van der Waals surface area (Å²) in [5, 5.41) is 24.4. The van der Waals surface area contributed by atoms with Gasteiger partial charge in [0, 0.05) is 18.0 Å². The third kappa shape index (κ3) is 5.14. The predicted molar refractivity (Wildman–Crippen MR) is 80.8 cm³/mol. The molecule has 0 aromatic carbocycles. The molecule has 0 bridgehead atoms. The summed E-state index contributed by atoms with van der Waals surface area (Å²) in [7, 11) is 0. The highest BCUT2D eigenvalue weighted by Crippen LogP contribution is 2.30. The normalized spacial score (nSPS) is 24.1. The molecule has 1 heterocycles. The zero-order chi connectivity index (χ0) is 14.2. The Morgan fingerprint density at radius 2 is 2.25 bits per heavy atom. The van der Waals surface area contributed by atoms with Crippen LogP contribution in [0.2, 0.25) is 0 Å². The molecule has 3 unspecified atom stereocenters. The molecule has 1 saturated carbocycles. The van der Waals surface area contributed by atoms with Gasteiger partial charge in [-0.1, -0.05) is 12.5 Å². The predicted octanol–water partition coefficient (Wildman–Crippen LogP) is 1.62. The fraction of sp³-hybridized carbons (Fsp3) is 0.733. The largest absolute Gasteiger partial charge is 0.396 e. The molecule has 5 heteroatoms. The molecule has 0 spiro atoms. The molecular formula is C15H25NO3S.